The van der Waals surface area contributed by atoms with Crippen molar-refractivity contribution in [2.24, 2.45) is 0 Å². The van der Waals surface area contributed by atoms with Gasteiger partial charge in [-0.05, 0) is 35.9 Å². The van der Waals surface area contributed by atoms with Gasteiger partial charge in [-0.25, -0.2) is 0 Å². The van der Waals surface area contributed by atoms with Crippen LogP contribution >= 0.6 is 34.8 Å². The van der Waals surface area contributed by atoms with Crippen LogP contribution < -0.4 is 10.1 Å². The smallest absolute Gasteiger partial charge is 0.387 e. The molecular weight excluding hydrogens is 371 g/mol. The van der Waals surface area contributed by atoms with Gasteiger partial charge in [0.05, 0.1) is 21.5 Å². The largest absolute Gasteiger partial charge is 0.433 e. The standard InChI is InChI=1S/C15H10Cl3F2NO2/c16-10-3-1-8(5-11(10)17)6-14(22)21-9-2-4-13(12(18)7-9)23-15(19)20/h1-5,7,15H,6H2,(H,21,22). The summed E-state index contributed by atoms with van der Waals surface area (Å²) in [6, 6.07) is 8.86. The summed E-state index contributed by atoms with van der Waals surface area (Å²) in [4.78, 5) is 12.0. The molecule has 0 aliphatic heterocycles. The Morgan fingerprint density at radius 2 is 1.78 bits per heavy atom. The van der Waals surface area contributed by atoms with Gasteiger partial charge in [0.2, 0.25) is 5.91 Å². The number of carbonyl (C=O) groups excluding carboxylic acids is 1. The monoisotopic (exact) mass is 379 g/mol. The Kier molecular flexibility index (Phi) is 6.04. The zero-order chi connectivity index (χ0) is 17.0. The van der Waals surface area contributed by atoms with Crippen molar-refractivity contribution in [3.05, 3.63) is 57.0 Å². The molecule has 0 aromatic heterocycles. The third-order valence-corrected chi connectivity index (χ3v) is 3.81. The molecule has 0 aliphatic rings. The highest BCUT2D eigenvalue weighted by Crippen LogP contribution is 2.29. The summed E-state index contributed by atoms with van der Waals surface area (Å²) < 4.78 is 28.5. The number of ether oxygens (including phenoxy) is 1. The maximum Gasteiger partial charge on any atom is 0.387 e. The molecule has 3 nitrogen and oxygen atoms in total. The van der Waals surface area contributed by atoms with Crippen LogP contribution in [0.2, 0.25) is 15.1 Å². The molecule has 0 saturated heterocycles. The summed E-state index contributed by atoms with van der Waals surface area (Å²) in [5, 5.41) is 3.33. The molecule has 122 valence electrons. The fourth-order valence-corrected chi connectivity index (χ4v) is 2.36. The second-order valence-corrected chi connectivity index (χ2v) is 5.72. The molecule has 0 saturated carbocycles. The molecule has 0 aliphatic carbocycles. The van der Waals surface area contributed by atoms with Crippen LogP contribution in [0.1, 0.15) is 5.56 Å². The second-order valence-electron chi connectivity index (χ2n) is 4.50. The van der Waals surface area contributed by atoms with E-state index in [0.29, 0.717) is 21.3 Å². The number of halogens is 5. The lowest BCUT2D eigenvalue weighted by Crippen LogP contribution is -2.14. The second kappa shape index (κ2) is 7.81. The van der Waals surface area contributed by atoms with Gasteiger partial charge < -0.3 is 10.1 Å². The number of nitrogens with one attached hydrogen (secondary N) is 1. The molecule has 2 aromatic carbocycles. The Hall–Kier alpha value is -1.56. The van der Waals surface area contributed by atoms with Crippen molar-refractivity contribution >= 4 is 46.4 Å². The summed E-state index contributed by atoms with van der Waals surface area (Å²) in [5.74, 6) is -0.480. The number of amides is 1. The predicted molar refractivity (Wildman–Crippen MR) is 86.9 cm³/mol. The molecule has 0 unspecified atom stereocenters. The fourth-order valence-electron chi connectivity index (χ4n) is 1.81. The Morgan fingerprint density at radius 1 is 1.04 bits per heavy atom. The van der Waals surface area contributed by atoms with Crippen LogP contribution in [-0.4, -0.2) is 12.5 Å². The minimum absolute atomic E-state index is 0.0300. The Labute approximate surface area is 146 Å². The zero-order valence-electron chi connectivity index (χ0n) is 11.5. The van der Waals surface area contributed by atoms with E-state index in [4.69, 9.17) is 34.8 Å². The van der Waals surface area contributed by atoms with Crippen molar-refractivity contribution in [2.75, 3.05) is 5.32 Å². The van der Waals surface area contributed by atoms with Crippen LogP contribution in [0.15, 0.2) is 36.4 Å². The predicted octanol–water partition coefficient (Wildman–Crippen LogP) is 5.43. The number of benzene rings is 2. The Bertz CT molecular complexity index is 726. The lowest BCUT2D eigenvalue weighted by atomic mass is 10.1. The van der Waals surface area contributed by atoms with Gasteiger partial charge in [0.15, 0.2) is 0 Å². The van der Waals surface area contributed by atoms with E-state index < -0.39 is 6.61 Å². The van der Waals surface area contributed by atoms with E-state index in [1.807, 2.05) is 0 Å². The van der Waals surface area contributed by atoms with Gasteiger partial charge in [0.1, 0.15) is 5.75 Å². The third kappa shape index (κ3) is 5.23. The number of rotatable bonds is 5. The van der Waals surface area contributed by atoms with Crippen molar-refractivity contribution in [3.63, 3.8) is 0 Å². The number of alkyl halides is 2. The molecule has 0 atom stereocenters. The van der Waals surface area contributed by atoms with Crippen LogP contribution in [0.5, 0.6) is 5.75 Å². The molecule has 2 aromatic rings. The lowest BCUT2D eigenvalue weighted by Gasteiger charge is -2.10. The lowest BCUT2D eigenvalue weighted by molar-refractivity contribution is -0.115. The van der Waals surface area contributed by atoms with Crippen LogP contribution in [0, 0.1) is 0 Å². The molecular formula is C15H10Cl3F2NO2. The highest BCUT2D eigenvalue weighted by molar-refractivity contribution is 6.42. The summed E-state index contributed by atoms with van der Waals surface area (Å²) in [6.07, 6.45) is 0.0732. The van der Waals surface area contributed by atoms with Crippen LogP contribution in [0.3, 0.4) is 0 Å². The fraction of sp³-hybridized carbons (Fsp3) is 0.133. The molecule has 0 heterocycles. The molecule has 0 bridgehead atoms. The molecule has 1 amide bonds. The van der Waals surface area contributed by atoms with E-state index in [2.05, 4.69) is 10.1 Å². The first-order valence-electron chi connectivity index (χ1n) is 6.33. The normalized spacial score (nSPS) is 10.7. The first kappa shape index (κ1) is 17.8. The van der Waals surface area contributed by atoms with Crippen LogP contribution in [0.25, 0.3) is 0 Å². The van der Waals surface area contributed by atoms with Gasteiger partial charge in [-0.15, -0.1) is 0 Å². The van der Waals surface area contributed by atoms with Crippen molar-refractivity contribution in [1.29, 1.82) is 0 Å². The van der Waals surface area contributed by atoms with E-state index in [0.717, 1.165) is 0 Å². The van der Waals surface area contributed by atoms with Crippen LogP contribution in [-0.2, 0) is 11.2 Å². The number of anilines is 1. The summed E-state index contributed by atoms with van der Waals surface area (Å²) in [6.45, 7) is -2.97. The van der Waals surface area contributed by atoms with Gasteiger partial charge in [-0.1, -0.05) is 40.9 Å². The Balaban J connectivity index is 2.02. The van der Waals surface area contributed by atoms with E-state index in [1.54, 1.807) is 18.2 Å². The van der Waals surface area contributed by atoms with E-state index >= 15 is 0 Å². The van der Waals surface area contributed by atoms with Gasteiger partial charge in [-0.2, -0.15) is 8.78 Å². The zero-order valence-corrected chi connectivity index (χ0v) is 13.7. The molecule has 0 fully saturated rings. The van der Waals surface area contributed by atoms with Gasteiger partial charge >= 0.3 is 6.61 Å². The summed E-state index contributed by atoms with van der Waals surface area (Å²) in [7, 11) is 0. The first-order valence-corrected chi connectivity index (χ1v) is 7.46. The number of carbonyl (C=O) groups is 1. The van der Waals surface area contributed by atoms with Gasteiger partial charge in [0.25, 0.3) is 0 Å². The average molecular weight is 381 g/mol. The average Bonchev–Trinajstić information content (AvgIpc) is 2.45. The van der Waals surface area contributed by atoms with Crippen LogP contribution in [0.4, 0.5) is 14.5 Å². The van der Waals surface area contributed by atoms with Gasteiger partial charge in [0, 0.05) is 5.69 Å². The van der Waals surface area contributed by atoms with Gasteiger partial charge in [-0.3, -0.25) is 4.79 Å². The Morgan fingerprint density at radius 3 is 2.39 bits per heavy atom. The minimum Gasteiger partial charge on any atom is -0.433 e. The molecule has 2 rings (SSSR count). The highest BCUT2D eigenvalue weighted by atomic mass is 35.5. The molecule has 23 heavy (non-hydrogen) atoms. The summed E-state index contributed by atoms with van der Waals surface area (Å²) in [5.41, 5.74) is 1.04. The first-order chi connectivity index (χ1) is 10.8. The molecule has 1 N–H and O–H groups in total. The quantitative estimate of drug-likeness (QED) is 0.751. The summed E-state index contributed by atoms with van der Waals surface area (Å²) >= 11 is 17.5. The maximum absolute atomic E-state index is 12.1. The molecule has 0 spiro atoms. The van der Waals surface area contributed by atoms with E-state index in [9.17, 15) is 13.6 Å². The SMILES string of the molecule is O=C(Cc1ccc(Cl)c(Cl)c1)Nc1ccc(OC(F)F)c(Cl)c1. The third-order valence-electron chi connectivity index (χ3n) is 2.78. The minimum atomic E-state index is -2.97. The van der Waals surface area contributed by atoms with Crippen molar-refractivity contribution in [1.82, 2.24) is 0 Å². The van der Waals surface area contributed by atoms with Crippen molar-refractivity contribution in [3.8, 4) is 5.75 Å². The molecule has 0 radical (unpaired) electrons. The van der Waals surface area contributed by atoms with E-state index in [-0.39, 0.29) is 23.1 Å². The topological polar surface area (TPSA) is 38.3 Å². The highest BCUT2D eigenvalue weighted by Gasteiger charge is 2.11. The maximum atomic E-state index is 12.1. The molecule has 8 heteroatoms. The van der Waals surface area contributed by atoms with Crippen molar-refractivity contribution in [2.45, 2.75) is 13.0 Å². The van der Waals surface area contributed by atoms with E-state index in [1.165, 1.54) is 18.2 Å². The van der Waals surface area contributed by atoms with Crippen molar-refractivity contribution < 1.29 is 18.3 Å². The number of hydrogen-bond acceptors (Lipinski definition) is 2. The number of hydrogen-bond donors (Lipinski definition) is 1.